The molecule has 1 aliphatic heterocycles. The first kappa shape index (κ1) is 11.3. The molecule has 4 N–H and O–H groups in total. The summed E-state index contributed by atoms with van der Waals surface area (Å²) in [4.78, 5) is 11.8. The Labute approximate surface area is 79.1 Å². The van der Waals surface area contributed by atoms with Crippen molar-refractivity contribution in [2.75, 3.05) is 19.6 Å². The number of rotatable bonds is 2. The second kappa shape index (κ2) is 3.76. The summed E-state index contributed by atoms with van der Waals surface area (Å²) in [6, 6.07) is 0. The predicted molar refractivity (Wildman–Crippen MR) is 42.6 cm³/mol. The van der Waals surface area contributed by atoms with Crippen LogP contribution in [0.5, 0.6) is 0 Å². The minimum Gasteiger partial charge on any atom is -0.388 e. The van der Waals surface area contributed by atoms with Gasteiger partial charge < -0.3 is 20.8 Å². The summed E-state index contributed by atoms with van der Waals surface area (Å²) in [5, 5.41) is 18.1. The van der Waals surface area contributed by atoms with Gasteiger partial charge in [-0.2, -0.15) is 8.78 Å². The number of hydrogen-bond acceptors (Lipinski definition) is 4. The van der Waals surface area contributed by atoms with Gasteiger partial charge in [0.2, 0.25) is 0 Å². The van der Waals surface area contributed by atoms with E-state index in [0.29, 0.717) is 4.90 Å². The van der Waals surface area contributed by atoms with E-state index in [1.165, 1.54) is 0 Å². The number of carbonyl (C=O) groups excluding carboxylic acids is 1. The van der Waals surface area contributed by atoms with Gasteiger partial charge in [-0.1, -0.05) is 0 Å². The number of aliphatic hydroxyl groups is 2. The molecular weight excluding hydrogens is 198 g/mol. The third-order valence-corrected chi connectivity index (χ3v) is 2.12. The fourth-order valence-corrected chi connectivity index (χ4v) is 1.25. The normalized spacial score (nSPS) is 28.2. The van der Waals surface area contributed by atoms with Gasteiger partial charge in [-0.15, -0.1) is 0 Å². The van der Waals surface area contributed by atoms with Crippen molar-refractivity contribution in [1.29, 1.82) is 0 Å². The number of carbonyl (C=O) groups is 1. The van der Waals surface area contributed by atoms with Crippen LogP contribution >= 0.6 is 0 Å². The number of nitrogens with zero attached hydrogens (tertiary/aromatic N) is 1. The third kappa shape index (κ3) is 1.99. The highest BCUT2D eigenvalue weighted by atomic mass is 19.3. The Kier molecular flexibility index (Phi) is 3.03. The smallest absolute Gasteiger partial charge is 0.336 e. The van der Waals surface area contributed by atoms with Crippen LogP contribution in [0.3, 0.4) is 0 Å². The molecule has 0 aliphatic carbocycles. The fraction of sp³-hybridized carbons (Fsp3) is 0.857. The Bertz CT molecular complexity index is 227. The molecule has 5 nitrogen and oxygen atoms in total. The number of alkyl halides is 2. The van der Waals surface area contributed by atoms with Crippen molar-refractivity contribution >= 4 is 5.91 Å². The standard InChI is InChI=1S/C7H12F2N2O3/c8-7(9,3-10)6(14)11-1-4(12)5(13)2-11/h4-5,12-13H,1-3,10H2. The molecule has 1 fully saturated rings. The maximum absolute atomic E-state index is 12.8. The first-order valence-electron chi connectivity index (χ1n) is 4.12. The monoisotopic (exact) mass is 210 g/mol. The molecule has 0 aromatic carbocycles. The van der Waals surface area contributed by atoms with Gasteiger partial charge in [-0.05, 0) is 0 Å². The van der Waals surface area contributed by atoms with E-state index < -0.39 is 30.6 Å². The maximum atomic E-state index is 12.8. The molecule has 0 radical (unpaired) electrons. The van der Waals surface area contributed by atoms with E-state index in [-0.39, 0.29) is 13.1 Å². The molecular formula is C7H12F2N2O3. The second-order valence-electron chi connectivity index (χ2n) is 3.25. The van der Waals surface area contributed by atoms with Gasteiger partial charge in [-0.25, -0.2) is 0 Å². The molecule has 0 bridgehead atoms. The summed E-state index contributed by atoms with van der Waals surface area (Å²) in [5.41, 5.74) is 4.72. The Morgan fingerprint density at radius 3 is 2.21 bits per heavy atom. The van der Waals surface area contributed by atoms with Crippen LogP contribution in [0.15, 0.2) is 0 Å². The van der Waals surface area contributed by atoms with Crippen LogP contribution in [0, 0.1) is 0 Å². The van der Waals surface area contributed by atoms with Crippen LogP contribution < -0.4 is 5.73 Å². The number of β-amino-alcohol motifs (C(OH)–C–C–N with tert-alkyl or cyclic N) is 2. The fourth-order valence-electron chi connectivity index (χ4n) is 1.25. The SMILES string of the molecule is NCC(F)(F)C(=O)N1CC(O)C(O)C1. The lowest BCUT2D eigenvalue weighted by atomic mass is 10.3. The molecule has 0 spiro atoms. The zero-order valence-corrected chi connectivity index (χ0v) is 7.36. The van der Waals surface area contributed by atoms with E-state index in [2.05, 4.69) is 0 Å². The van der Waals surface area contributed by atoms with Crippen molar-refractivity contribution in [1.82, 2.24) is 4.90 Å². The summed E-state index contributed by atoms with van der Waals surface area (Å²) in [6.07, 6.45) is -2.32. The van der Waals surface area contributed by atoms with Crippen molar-refractivity contribution in [2.45, 2.75) is 18.1 Å². The predicted octanol–water partition coefficient (Wildman–Crippen LogP) is -1.86. The van der Waals surface area contributed by atoms with E-state index in [1.54, 1.807) is 0 Å². The van der Waals surface area contributed by atoms with E-state index in [0.717, 1.165) is 0 Å². The van der Waals surface area contributed by atoms with Crippen molar-refractivity contribution < 1.29 is 23.8 Å². The Morgan fingerprint density at radius 2 is 1.86 bits per heavy atom. The zero-order chi connectivity index (χ0) is 10.9. The van der Waals surface area contributed by atoms with Gasteiger partial charge in [0.25, 0.3) is 5.91 Å². The van der Waals surface area contributed by atoms with E-state index >= 15 is 0 Å². The van der Waals surface area contributed by atoms with Crippen LogP contribution in [0.4, 0.5) is 8.78 Å². The van der Waals surface area contributed by atoms with Gasteiger partial charge >= 0.3 is 5.92 Å². The molecule has 2 unspecified atom stereocenters. The van der Waals surface area contributed by atoms with Crippen LogP contribution in [-0.2, 0) is 4.79 Å². The average molecular weight is 210 g/mol. The van der Waals surface area contributed by atoms with Crippen LogP contribution in [0.25, 0.3) is 0 Å². The van der Waals surface area contributed by atoms with Crippen LogP contribution in [-0.4, -0.2) is 58.8 Å². The molecule has 1 amide bonds. The van der Waals surface area contributed by atoms with Crippen LogP contribution in [0.1, 0.15) is 0 Å². The molecule has 1 aliphatic rings. The van der Waals surface area contributed by atoms with Crippen molar-refractivity contribution in [3.8, 4) is 0 Å². The quantitative estimate of drug-likeness (QED) is 0.499. The molecule has 1 rings (SSSR count). The number of likely N-dealkylation sites (tertiary alicyclic amines) is 1. The summed E-state index contributed by atoms with van der Waals surface area (Å²) in [5.74, 6) is -5.07. The first-order chi connectivity index (χ1) is 6.38. The minimum atomic E-state index is -3.62. The summed E-state index contributed by atoms with van der Waals surface area (Å²) < 4.78 is 25.5. The summed E-state index contributed by atoms with van der Waals surface area (Å²) in [7, 11) is 0. The Morgan fingerprint density at radius 1 is 1.43 bits per heavy atom. The van der Waals surface area contributed by atoms with Gasteiger partial charge in [-0.3, -0.25) is 4.79 Å². The molecule has 1 heterocycles. The second-order valence-corrected chi connectivity index (χ2v) is 3.25. The van der Waals surface area contributed by atoms with Crippen molar-refractivity contribution in [3.05, 3.63) is 0 Å². The van der Waals surface area contributed by atoms with Gasteiger partial charge in [0, 0.05) is 13.1 Å². The maximum Gasteiger partial charge on any atom is 0.336 e. The largest absolute Gasteiger partial charge is 0.388 e. The van der Waals surface area contributed by atoms with Gasteiger partial charge in [0.05, 0.1) is 18.8 Å². The third-order valence-electron chi connectivity index (χ3n) is 2.12. The molecule has 14 heavy (non-hydrogen) atoms. The number of aliphatic hydroxyl groups excluding tert-OH is 2. The number of nitrogens with two attached hydrogens (primary N) is 1. The van der Waals surface area contributed by atoms with E-state index in [4.69, 9.17) is 15.9 Å². The van der Waals surface area contributed by atoms with Gasteiger partial charge in [0.1, 0.15) is 0 Å². The highest BCUT2D eigenvalue weighted by molar-refractivity contribution is 5.84. The molecule has 0 saturated carbocycles. The number of amides is 1. The van der Waals surface area contributed by atoms with Gasteiger partial charge in [0.15, 0.2) is 0 Å². The van der Waals surface area contributed by atoms with Crippen molar-refractivity contribution in [2.24, 2.45) is 5.73 Å². The van der Waals surface area contributed by atoms with E-state index in [1.807, 2.05) is 0 Å². The highest BCUT2D eigenvalue weighted by Gasteiger charge is 2.44. The molecule has 82 valence electrons. The lowest BCUT2D eigenvalue weighted by Crippen LogP contribution is -2.47. The number of hydrogen-bond donors (Lipinski definition) is 3. The average Bonchev–Trinajstić information content (AvgIpc) is 2.45. The highest BCUT2D eigenvalue weighted by Crippen LogP contribution is 2.19. The summed E-state index contributed by atoms with van der Waals surface area (Å²) in [6.45, 7) is -1.64. The van der Waals surface area contributed by atoms with Crippen molar-refractivity contribution in [3.63, 3.8) is 0 Å². The van der Waals surface area contributed by atoms with E-state index in [9.17, 15) is 13.6 Å². The molecule has 2 atom stereocenters. The lowest BCUT2D eigenvalue weighted by molar-refractivity contribution is -0.155. The topological polar surface area (TPSA) is 86.8 Å². The first-order valence-corrected chi connectivity index (χ1v) is 4.12. The Balaban J connectivity index is 2.64. The number of halogens is 2. The molecule has 1 saturated heterocycles. The lowest BCUT2D eigenvalue weighted by Gasteiger charge is -2.21. The molecule has 7 heteroatoms. The molecule has 0 aromatic rings. The minimum absolute atomic E-state index is 0.282. The zero-order valence-electron chi connectivity index (χ0n) is 7.36. The summed E-state index contributed by atoms with van der Waals surface area (Å²) >= 11 is 0. The van der Waals surface area contributed by atoms with Crippen LogP contribution in [0.2, 0.25) is 0 Å². The molecule has 0 aromatic heterocycles. The Hall–Kier alpha value is -0.790.